The quantitative estimate of drug-likeness (QED) is 0.639. The van der Waals surface area contributed by atoms with Crippen molar-refractivity contribution in [3.63, 3.8) is 0 Å². The van der Waals surface area contributed by atoms with Gasteiger partial charge in [0.1, 0.15) is 12.0 Å². The zero-order valence-electron chi connectivity index (χ0n) is 19.5. The molecule has 33 heavy (non-hydrogen) atoms. The molecule has 1 aromatic heterocycles. The fourth-order valence-corrected chi connectivity index (χ4v) is 5.18. The maximum absolute atomic E-state index is 6.63. The van der Waals surface area contributed by atoms with Gasteiger partial charge in [-0.2, -0.15) is 0 Å². The van der Waals surface area contributed by atoms with Gasteiger partial charge in [-0.25, -0.2) is 9.97 Å². The highest BCUT2D eigenvalue weighted by atomic mass is 15.3. The number of piperidine rings is 1. The van der Waals surface area contributed by atoms with E-state index in [1.165, 1.54) is 24.0 Å². The highest BCUT2D eigenvalue weighted by Gasteiger charge is 2.29. The minimum absolute atomic E-state index is 0.253. The molecule has 0 spiro atoms. The van der Waals surface area contributed by atoms with Crippen molar-refractivity contribution in [1.29, 1.82) is 0 Å². The normalized spacial score (nSPS) is 18.1. The van der Waals surface area contributed by atoms with E-state index in [2.05, 4.69) is 92.3 Å². The average molecular weight is 443 g/mol. The molecular weight excluding hydrogens is 408 g/mol. The second kappa shape index (κ2) is 9.79. The molecule has 3 aromatic rings. The summed E-state index contributed by atoms with van der Waals surface area (Å²) in [6.45, 7) is 8.06. The van der Waals surface area contributed by atoms with Crippen LogP contribution in [0.15, 0.2) is 67.0 Å². The molecule has 2 aliphatic rings. The Morgan fingerprint density at radius 3 is 1.73 bits per heavy atom. The van der Waals surface area contributed by atoms with Crippen molar-refractivity contribution in [2.75, 3.05) is 54.8 Å². The summed E-state index contributed by atoms with van der Waals surface area (Å²) < 4.78 is 0. The van der Waals surface area contributed by atoms with E-state index in [-0.39, 0.29) is 6.04 Å². The first kappa shape index (κ1) is 21.7. The summed E-state index contributed by atoms with van der Waals surface area (Å²) in [4.78, 5) is 16.4. The van der Waals surface area contributed by atoms with E-state index in [1.54, 1.807) is 6.33 Å². The lowest BCUT2D eigenvalue weighted by molar-refractivity contribution is 0.212. The highest BCUT2D eigenvalue weighted by molar-refractivity contribution is 5.76. The van der Waals surface area contributed by atoms with Gasteiger partial charge in [-0.1, -0.05) is 67.6 Å². The molecule has 3 heterocycles. The van der Waals surface area contributed by atoms with Gasteiger partial charge in [0.2, 0.25) is 0 Å². The Kier molecular flexibility index (Phi) is 6.44. The summed E-state index contributed by atoms with van der Waals surface area (Å²) in [5, 5.41) is 0. The number of hydrogen-bond donors (Lipinski definition) is 1. The number of piperazine rings is 1. The fourth-order valence-electron chi connectivity index (χ4n) is 5.18. The first-order chi connectivity index (χ1) is 16.2. The third-order valence-electron chi connectivity index (χ3n) is 7.13. The van der Waals surface area contributed by atoms with E-state index >= 15 is 0 Å². The van der Waals surface area contributed by atoms with Crippen LogP contribution >= 0.6 is 0 Å². The van der Waals surface area contributed by atoms with Crippen molar-refractivity contribution in [2.45, 2.75) is 25.8 Å². The SMILES string of the molecule is CC1CCN(c2ncnc(N3CCN(C(c4ccccc4)c4ccccc4)CC3)c2N)CC1. The molecule has 0 aliphatic carbocycles. The molecule has 0 bridgehead atoms. The molecule has 2 saturated heterocycles. The molecule has 6 nitrogen and oxygen atoms in total. The largest absolute Gasteiger partial charge is 0.393 e. The van der Waals surface area contributed by atoms with E-state index in [0.717, 1.165) is 62.5 Å². The molecule has 5 rings (SSSR count). The molecule has 6 heteroatoms. The molecule has 2 aromatic carbocycles. The number of aromatic nitrogens is 2. The van der Waals surface area contributed by atoms with E-state index < -0.39 is 0 Å². The van der Waals surface area contributed by atoms with Crippen LogP contribution in [0.1, 0.15) is 36.9 Å². The smallest absolute Gasteiger partial charge is 0.157 e. The predicted molar refractivity (Wildman–Crippen MR) is 136 cm³/mol. The van der Waals surface area contributed by atoms with Gasteiger partial charge in [0, 0.05) is 39.3 Å². The molecule has 0 saturated carbocycles. The maximum Gasteiger partial charge on any atom is 0.157 e. The van der Waals surface area contributed by atoms with Crippen LogP contribution in [-0.4, -0.2) is 54.1 Å². The summed E-state index contributed by atoms with van der Waals surface area (Å²) in [7, 11) is 0. The van der Waals surface area contributed by atoms with E-state index in [4.69, 9.17) is 5.73 Å². The third-order valence-corrected chi connectivity index (χ3v) is 7.13. The average Bonchev–Trinajstić information content (AvgIpc) is 2.87. The van der Waals surface area contributed by atoms with Crippen molar-refractivity contribution in [1.82, 2.24) is 14.9 Å². The molecule has 0 unspecified atom stereocenters. The second-order valence-corrected chi connectivity index (χ2v) is 9.35. The minimum atomic E-state index is 0.253. The number of nitrogens with two attached hydrogens (primary N) is 1. The van der Waals surface area contributed by atoms with Gasteiger partial charge < -0.3 is 15.5 Å². The van der Waals surface area contributed by atoms with Crippen LogP contribution in [-0.2, 0) is 0 Å². The number of benzene rings is 2. The summed E-state index contributed by atoms with van der Waals surface area (Å²) >= 11 is 0. The van der Waals surface area contributed by atoms with Gasteiger partial charge in [-0.3, -0.25) is 4.90 Å². The number of rotatable bonds is 5. The lowest BCUT2D eigenvalue weighted by Gasteiger charge is -2.40. The van der Waals surface area contributed by atoms with Gasteiger partial charge in [0.15, 0.2) is 11.6 Å². The van der Waals surface area contributed by atoms with Crippen molar-refractivity contribution in [3.05, 3.63) is 78.1 Å². The Labute approximate surface area is 197 Å². The molecule has 2 aliphatic heterocycles. The Morgan fingerprint density at radius 1 is 0.727 bits per heavy atom. The lowest BCUT2D eigenvalue weighted by Crippen LogP contribution is -2.48. The zero-order chi connectivity index (χ0) is 22.6. The Bertz CT molecular complexity index is 985. The van der Waals surface area contributed by atoms with Gasteiger partial charge in [0.05, 0.1) is 6.04 Å². The summed E-state index contributed by atoms with van der Waals surface area (Å²) in [6, 6.07) is 21.9. The monoisotopic (exact) mass is 442 g/mol. The van der Waals surface area contributed by atoms with E-state index in [1.807, 2.05) is 0 Å². The van der Waals surface area contributed by atoms with Crippen molar-refractivity contribution >= 4 is 17.3 Å². The molecule has 2 fully saturated rings. The first-order valence-corrected chi connectivity index (χ1v) is 12.1. The van der Waals surface area contributed by atoms with Gasteiger partial charge in [-0.15, -0.1) is 0 Å². The molecular formula is C27H34N6. The molecule has 0 atom stereocenters. The van der Waals surface area contributed by atoms with Crippen LogP contribution < -0.4 is 15.5 Å². The zero-order valence-corrected chi connectivity index (χ0v) is 19.5. The Morgan fingerprint density at radius 2 is 1.21 bits per heavy atom. The van der Waals surface area contributed by atoms with Gasteiger partial charge in [0.25, 0.3) is 0 Å². The summed E-state index contributed by atoms with van der Waals surface area (Å²) in [5.41, 5.74) is 10.0. The molecule has 2 N–H and O–H groups in total. The van der Waals surface area contributed by atoms with Crippen LogP contribution in [0.2, 0.25) is 0 Å². The maximum atomic E-state index is 6.63. The van der Waals surface area contributed by atoms with Crippen LogP contribution in [0, 0.1) is 5.92 Å². The lowest BCUT2D eigenvalue weighted by atomic mass is 9.96. The van der Waals surface area contributed by atoms with Crippen LogP contribution in [0.3, 0.4) is 0 Å². The minimum Gasteiger partial charge on any atom is -0.393 e. The standard InChI is InChI=1S/C27H34N6/c1-21-12-14-32(15-13-21)26-24(28)27(30-20-29-26)33-18-16-31(17-19-33)25(22-8-4-2-5-9-22)23-10-6-3-7-11-23/h2-11,20-21,25H,12-19,28H2,1H3. The van der Waals surface area contributed by atoms with Gasteiger partial charge in [-0.05, 0) is 29.9 Å². The number of hydrogen-bond acceptors (Lipinski definition) is 6. The van der Waals surface area contributed by atoms with E-state index in [0.29, 0.717) is 0 Å². The highest BCUT2D eigenvalue weighted by Crippen LogP contribution is 2.34. The molecule has 172 valence electrons. The molecule has 0 amide bonds. The van der Waals surface area contributed by atoms with Crippen LogP contribution in [0.5, 0.6) is 0 Å². The van der Waals surface area contributed by atoms with Crippen molar-refractivity contribution < 1.29 is 0 Å². The third kappa shape index (κ3) is 4.67. The first-order valence-electron chi connectivity index (χ1n) is 12.1. The summed E-state index contributed by atoms with van der Waals surface area (Å²) in [5.74, 6) is 2.56. The Balaban J connectivity index is 1.33. The second-order valence-electron chi connectivity index (χ2n) is 9.35. The topological polar surface area (TPSA) is 61.5 Å². The van der Waals surface area contributed by atoms with Crippen LogP contribution in [0.25, 0.3) is 0 Å². The fraction of sp³-hybridized carbons (Fsp3) is 0.407. The van der Waals surface area contributed by atoms with E-state index in [9.17, 15) is 0 Å². The molecule has 0 radical (unpaired) electrons. The van der Waals surface area contributed by atoms with Crippen LogP contribution in [0.4, 0.5) is 17.3 Å². The number of anilines is 3. The number of nitrogen functional groups attached to an aromatic ring is 1. The van der Waals surface area contributed by atoms with Crippen molar-refractivity contribution in [2.24, 2.45) is 5.92 Å². The summed E-state index contributed by atoms with van der Waals surface area (Å²) in [6.07, 6.45) is 4.07. The van der Waals surface area contributed by atoms with Gasteiger partial charge >= 0.3 is 0 Å². The van der Waals surface area contributed by atoms with Crippen molar-refractivity contribution in [3.8, 4) is 0 Å². The Hall–Kier alpha value is -3.12. The predicted octanol–water partition coefficient (Wildman–Crippen LogP) is 4.21. The number of nitrogens with zero attached hydrogens (tertiary/aromatic N) is 5.